The molecule has 3 aromatic rings. The SMILES string of the molecule is CN=Cc1ccc(Oc2ccc3c(C=O)c(O)ccc3c2)cc1. The maximum atomic E-state index is 11.1. The van der Waals surface area contributed by atoms with E-state index in [-0.39, 0.29) is 11.3 Å². The first-order valence-corrected chi connectivity index (χ1v) is 7.12. The number of ether oxygens (including phenoxy) is 1. The van der Waals surface area contributed by atoms with E-state index in [4.69, 9.17) is 4.74 Å². The number of hydrogen-bond acceptors (Lipinski definition) is 4. The molecule has 3 rings (SSSR count). The summed E-state index contributed by atoms with van der Waals surface area (Å²) in [6, 6.07) is 16.2. The lowest BCUT2D eigenvalue weighted by atomic mass is 10.0. The lowest BCUT2D eigenvalue weighted by Crippen LogP contribution is -1.88. The number of aromatic hydroxyl groups is 1. The molecule has 4 nitrogen and oxygen atoms in total. The average Bonchev–Trinajstić information content (AvgIpc) is 2.57. The Labute approximate surface area is 133 Å². The Morgan fingerprint density at radius 1 is 1.00 bits per heavy atom. The lowest BCUT2D eigenvalue weighted by molar-refractivity contribution is 0.112. The summed E-state index contributed by atoms with van der Waals surface area (Å²) in [6.45, 7) is 0. The van der Waals surface area contributed by atoms with Crippen LogP contribution in [0.5, 0.6) is 17.2 Å². The van der Waals surface area contributed by atoms with Crippen molar-refractivity contribution in [3.63, 3.8) is 0 Å². The van der Waals surface area contributed by atoms with E-state index in [1.165, 1.54) is 6.07 Å². The van der Waals surface area contributed by atoms with Crippen LogP contribution in [0.2, 0.25) is 0 Å². The Hall–Kier alpha value is -3.14. The van der Waals surface area contributed by atoms with E-state index < -0.39 is 0 Å². The van der Waals surface area contributed by atoms with E-state index in [1.807, 2.05) is 30.3 Å². The zero-order valence-corrected chi connectivity index (χ0v) is 12.6. The second kappa shape index (κ2) is 6.32. The largest absolute Gasteiger partial charge is 0.507 e. The molecule has 0 spiro atoms. The number of carbonyl (C=O) groups is 1. The van der Waals surface area contributed by atoms with E-state index in [2.05, 4.69) is 4.99 Å². The van der Waals surface area contributed by atoms with Crippen molar-refractivity contribution in [2.75, 3.05) is 7.05 Å². The minimum Gasteiger partial charge on any atom is -0.507 e. The smallest absolute Gasteiger partial charge is 0.154 e. The van der Waals surface area contributed by atoms with Gasteiger partial charge in [0.1, 0.15) is 17.2 Å². The molecule has 0 aliphatic rings. The molecule has 0 fully saturated rings. The molecule has 0 bridgehead atoms. The van der Waals surface area contributed by atoms with Crippen LogP contribution in [0, 0.1) is 0 Å². The van der Waals surface area contributed by atoms with Crippen LogP contribution in [0.15, 0.2) is 59.6 Å². The highest BCUT2D eigenvalue weighted by Crippen LogP contribution is 2.30. The van der Waals surface area contributed by atoms with E-state index in [0.717, 1.165) is 10.9 Å². The lowest BCUT2D eigenvalue weighted by Gasteiger charge is -2.09. The van der Waals surface area contributed by atoms with Gasteiger partial charge in [-0.3, -0.25) is 9.79 Å². The Balaban J connectivity index is 1.91. The first kappa shape index (κ1) is 14.8. The van der Waals surface area contributed by atoms with Crippen molar-refractivity contribution in [2.45, 2.75) is 0 Å². The summed E-state index contributed by atoms with van der Waals surface area (Å²) in [5.41, 5.74) is 1.29. The van der Waals surface area contributed by atoms with E-state index >= 15 is 0 Å². The molecule has 0 heterocycles. The average molecular weight is 305 g/mol. The van der Waals surface area contributed by atoms with Gasteiger partial charge in [-0.25, -0.2) is 0 Å². The van der Waals surface area contributed by atoms with Crippen LogP contribution in [0.1, 0.15) is 15.9 Å². The van der Waals surface area contributed by atoms with Gasteiger partial charge in [-0.2, -0.15) is 0 Å². The molecule has 0 radical (unpaired) electrons. The Morgan fingerprint density at radius 2 is 1.74 bits per heavy atom. The third-order valence-corrected chi connectivity index (χ3v) is 3.52. The number of hydrogen-bond donors (Lipinski definition) is 1. The van der Waals surface area contributed by atoms with Gasteiger partial charge < -0.3 is 9.84 Å². The second-order valence-corrected chi connectivity index (χ2v) is 5.06. The predicted molar refractivity (Wildman–Crippen MR) is 91.0 cm³/mol. The number of phenolic OH excluding ortho intramolecular Hbond substituents is 1. The summed E-state index contributed by atoms with van der Waals surface area (Å²) >= 11 is 0. The van der Waals surface area contributed by atoms with Gasteiger partial charge in [-0.1, -0.05) is 6.07 Å². The number of phenols is 1. The quantitative estimate of drug-likeness (QED) is 0.580. The molecule has 0 aromatic heterocycles. The van der Waals surface area contributed by atoms with Crippen molar-refractivity contribution in [1.29, 1.82) is 0 Å². The standard InChI is InChI=1S/C19H15NO3/c1-20-11-13-2-5-15(6-3-13)23-16-7-8-17-14(10-16)4-9-19(22)18(17)12-21/h2-12,22H,1H3. The molecular weight excluding hydrogens is 290 g/mol. The normalized spacial score (nSPS) is 11.0. The number of rotatable bonds is 4. The van der Waals surface area contributed by atoms with Crippen molar-refractivity contribution in [3.8, 4) is 17.2 Å². The minimum absolute atomic E-state index is 0.0191. The van der Waals surface area contributed by atoms with Crippen LogP contribution in [0.25, 0.3) is 10.8 Å². The monoisotopic (exact) mass is 305 g/mol. The van der Waals surface area contributed by atoms with Gasteiger partial charge in [0, 0.05) is 13.3 Å². The van der Waals surface area contributed by atoms with Crippen molar-refractivity contribution in [3.05, 3.63) is 65.7 Å². The van der Waals surface area contributed by atoms with Crippen molar-refractivity contribution < 1.29 is 14.6 Å². The summed E-state index contributed by atoms with van der Waals surface area (Å²) in [5, 5.41) is 11.2. The third kappa shape index (κ3) is 3.06. The number of carbonyl (C=O) groups excluding carboxylic acids is 1. The summed E-state index contributed by atoms with van der Waals surface area (Å²) in [4.78, 5) is 15.1. The Morgan fingerprint density at radius 3 is 2.43 bits per heavy atom. The molecule has 3 aromatic carbocycles. The Bertz CT molecular complexity index is 883. The van der Waals surface area contributed by atoms with Crippen LogP contribution >= 0.6 is 0 Å². The molecule has 1 N–H and O–H groups in total. The highest BCUT2D eigenvalue weighted by molar-refractivity contribution is 6.01. The van der Waals surface area contributed by atoms with E-state index in [0.29, 0.717) is 23.2 Å². The molecule has 0 aliphatic heterocycles. The fraction of sp³-hybridized carbons (Fsp3) is 0.0526. The molecular formula is C19H15NO3. The molecule has 114 valence electrons. The highest BCUT2D eigenvalue weighted by Gasteiger charge is 2.07. The first-order valence-electron chi connectivity index (χ1n) is 7.12. The van der Waals surface area contributed by atoms with Crippen molar-refractivity contribution in [2.24, 2.45) is 4.99 Å². The number of benzene rings is 3. The van der Waals surface area contributed by atoms with Crippen LogP contribution in [0.4, 0.5) is 0 Å². The molecule has 4 heteroatoms. The number of nitrogens with zero attached hydrogens (tertiary/aromatic N) is 1. The van der Waals surface area contributed by atoms with Crippen molar-refractivity contribution >= 4 is 23.3 Å². The summed E-state index contributed by atoms with van der Waals surface area (Å²) in [7, 11) is 1.73. The number of aliphatic imine (C=N–C) groups is 1. The van der Waals surface area contributed by atoms with Gasteiger partial charge in [0.25, 0.3) is 0 Å². The van der Waals surface area contributed by atoms with Gasteiger partial charge in [0.2, 0.25) is 0 Å². The number of fused-ring (bicyclic) bond motifs is 1. The predicted octanol–water partition coefficient (Wildman–Crippen LogP) is 4.20. The molecule has 0 unspecified atom stereocenters. The zero-order valence-electron chi connectivity index (χ0n) is 12.6. The van der Waals surface area contributed by atoms with Crippen LogP contribution < -0.4 is 4.74 Å². The molecule has 0 atom stereocenters. The molecule has 23 heavy (non-hydrogen) atoms. The summed E-state index contributed by atoms with van der Waals surface area (Å²) in [5.74, 6) is 1.36. The molecule has 0 aliphatic carbocycles. The van der Waals surface area contributed by atoms with Gasteiger partial charge in [0.15, 0.2) is 6.29 Å². The van der Waals surface area contributed by atoms with Crippen LogP contribution in [-0.4, -0.2) is 24.7 Å². The fourth-order valence-corrected chi connectivity index (χ4v) is 2.41. The highest BCUT2D eigenvalue weighted by atomic mass is 16.5. The fourth-order valence-electron chi connectivity index (χ4n) is 2.41. The Kier molecular flexibility index (Phi) is 4.06. The molecule has 0 amide bonds. The molecule has 0 saturated heterocycles. The van der Waals surface area contributed by atoms with Crippen LogP contribution in [-0.2, 0) is 0 Å². The van der Waals surface area contributed by atoms with E-state index in [9.17, 15) is 9.90 Å². The topological polar surface area (TPSA) is 58.9 Å². The van der Waals surface area contributed by atoms with Gasteiger partial charge >= 0.3 is 0 Å². The van der Waals surface area contributed by atoms with Gasteiger partial charge in [-0.05, 0) is 64.9 Å². The van der Waals surface area contributed by atoms with Crippen LogP contribution in [0.3, 0.4) is 0 Å². The third-order valence-electron chi connectivity index (χ3n) is 3.52. The van der Waals surface area contributed by atoms with Gasteiger partial charge in [-0.15, -0.1) is 0 Å². The maximum absolute atomic E-state index is 11.1. The van der Waals surface area contributed by atoms with Gasteiger partial charge in [0.05, 0.1) is 5.56 Å². The number of aldehydes is 1. The van der Waals surface area contributed by atoms with E-state index in [1.54, 1.807) is 31.5 Å². The first-order chi connectivity index (χ1) is 11.2. The zero-order chi connectivity index (χ0) is 16.2. The maximum Gasteiger partial charge on any atom is 0.154 e. The molecule has 0 saturated carbocycles. The second-order valence-electron chi connectivity index (χ2n) is 5.06. The summed E-state index contributed by atoms with van der Waals surface area (Å²) < 4.78 is 5.83. The van der Waals surface area contributed by atoms with Crippen molar-refractivity contribution in [1.82, 2.24) is 0 Å². The summed E-state index contributed by atoms with van der Waals surface area (Å²) in [6.07, 6.45) is 2.43. The minimum atomic E-state index is -0.0191.